The summed E-state index contributed by atoms with van der Waals surface area (Å²) in [6.45, 7) is 8.77. The zero-order chi connectivity index (χ0) is 15.6. The molecule has 1 aromatic rings. The first-order valence-electron chi connectivity index (χ1n) is 8.08. The maximum atomic E-state index is 12.8. The fraction of sp³-hybridized carbons (Fsp3) is 0.706. The van der Waals surface area contributed by atoms with Crippen LogP contribution in [0, 0.1) is 0 Å². The summed E-state index contributed by atoms with van der Waals surface area (Å²) < 4.78 is 2.00. The molecule has 118 valence electrons. The Kier molecular flexibility index (Phi) is 4.89. The molecular weight excluding hydrogens is 262 g/mol. The Morgan fingerprint density at radius 3 is 2.67 bits per heavy atom. The largest absolute Gasteiger partial charge is 0.322 e. The van der Waals surface area contributed by atoms with Crippen LogP contribution in [0.25, 0.3) is 0 Å². The minimum absolute atomic E-state index is 0.113. The predicted molar refractivity (Wildman–Crippen MR) is 87.5 cm³/mol. The van der Waals surface area contributed by atoms with Gasteiger partial charge in [0.15, 0.2) is 0 Å². The Hall–Kier alpha value is -1.13. The summed E-state index contributed by atoms with van der Waals surface area (Å²) in [5.74, 6) is 0. The summed E-state index contributed by atoms with van der Waals surface area (Å²) in [4.78, 5) is 15.1. The number of rotatable bonds is 5. The van der Waals surface area contributed by atoms with Crippen molar-refractivity contribution in [2.24, 2.45) is 5.73 Å². The van der Waals surface area contributed by atoms with Gasteiger partial charge in [0.1, 0.15) is 0 Å². The molecule has 0 spiro atoms. The smallest absolute Gasteiger partial charge is 0.255 e. The van der Waals surface area contributed by atoms with Gasteiger partial charge in [-0.25, -0.2) is 0 Å². The molecule has 21 heavy (non-hydrogen) atoms. The third-order valence-corrected chi connectivity index (χ3v) is 4.34. The first kappa shape index (κ1) is 16.2. The van der Waals surface area contributed by atoms with Crippen LogP contribution in [0.15, 0.2) is 10.9 Å². The fourth-order valence-electron chi connectivity index (χ4n) is 3.08. The van der Waals surface area contributed by atoms with E-state index in [1.54, 1.807) is 0 Å². The van der Waals surface area contributed by atoms with Crippen molar-refractivity contribution in [3.8, 4) is 0 Å². The van der Waals surface area contributed by atoms with E-state index in [-0.39, 0.29) is 5.56 Å². The van der Waals surface area contributed by atoms with Gasteiger partial charge in [-0.1, -0.05) is 19.8 Å². The van der Waals surface area contributed by atoms with Crippen molar-refractivity contribution in [3.63, 3.8) is 0 Å². The molecule has 2 N–H and O–H groups in total. The molecule has 0 amide bonds. The van der Waals surface area contributed by atoms with Crippen molar-refractivity contribution in [2.75, 3.05) is 13.6 Å². The number of aromatic nitrogens is 1. The monoisotopic (exact) mass is 291 g/mol. The number of nitrogens with two attached hydrogens (primary N) is 1. The lowest BCUT2D eigenvalue weighted by atomic mass is 9.93. The molecular formula is C17H29N3O. The first-order valence-corrected chi connectivity index (χ1v) is 8.08. The van der Waals surface area contributed by atoms with Crippen LogP contribution in [0.4, 0.5) is 0 Å². The Morgan fingerprint density at radius 1 is 1.33 bits per heavy atom. The quantitative estimate of drug-likeness (QED) is 0.846. The molecule has 0 bridgehead atoms. The van der Waals surface area contributed by atoms with Gasteiger partial charge >= 0.3 is 0 Å². The van der Waals surface area contributed by atoms with Crippen LogP contribution in [-0.2, 0) is 25.0 Å². The van der Waals surface area contributed by atoms with E-state index in [0.717, 1.165) is 44.5 Å². The van der Waals surface area contributed by atoms with Gasteiger partial charge in [0.2, 0.25) is 0 Å². The second kappa shape index (κ2) is 6.32. The Morgan fingerprint density at radius 2 is 2.05 bits per heavy atom. The molecule has 1 aliphatic heterocycles. The van der Waals surface area contributed by atoms with E-state index in [2.05, 4.69) is 18.9 Å². The molecule has 0 saturated carbocycles. The van der Waals surface area contributed by atoms with Crippen molar-refractivity contribution in [1.82, 2.24) is 9.47 Å². The average Bonchev–Trinajstić information content (AvgIpc) is 2.39. The highest BCUT2D eigenvalue weighted by Crippen LogP contribution is 2.22. The number of hydrogen-bond donors (Lipinski definition) is 1. The first-order chi connectivity index (χ1) is 9.84. The number of nitrogens with zero attached hydrogens (tertiary/aromatic N) is 2. The van der Waals surface area contributed by atoms with Crippen molar-refractivity contribution in [3.05, 3.63) is 33.2 Å². The topological polar surface area (TPSA) is 51.3 Å². The molecule has 2 rings (SSSR count). The minimum Gasteiger partial charge on any atom is -0.322 e. The summed E-state index contributed by atoms with van der Waals surface area (Å²) in [5.41, 5.74) is 8.99. The molecule has 1 aliphatic rings. The highest BCUT2D eigenvalue weighted by Gasteiger charge is 2.25. The van der Waals surface area contributed by atoms with Crippen molar-refractivity contribution < 1.29 is 0 Å². The van der Waals surface area contributed by atoms with Gasteiger partial charge < -0.3 is 15.2 Å². The number of pyridine rings is 1. The van der Waals surface area contributed by atoms with E-state index < -0.39 is 5.54 Å². The Labute approximate surface area is 127 Å². The molecule has 0 unspecified atom stereocenters. The van der Waals surface area contributed by atoms with Crippen LogP contribution >= 0.6 is 0 Å². The van der Waals surface area contributed by atoms with Gasteiger partial charge in [-0.2, -0.15) is 0 Å². The molecule has 0 aromatic carbocycles. The second-order valence-corrected chi connectivity index (χ2v) is 6.90. The number of fused-ring (bicyclic) bond motifs is 1. The maximum absolute atomic E-state index is 12.8. The van der Waals surface area contributed by atoms with Gasteiger partial charge in [-0.15, -0.1) is 0 Å². The third-order valence-electron chi connectivity index (χ3n) is 4.34. The zero-order valence-corrected chi connectivity index (χ0v) is 13.9. The number of hydrogen-bond acceptors (Lipinski definition) is 3. The van der Waals surface area contributed by atoms with Crippen molar-refractivity contribution in [2.45, 2.75) is 65.1 Å². The molecule has 0 aliphatic carbocycles. The van der Waals surface area contributed by atoms with Gasteiger partial charge in [-0.05, 0) is 38.9 Å². The van der Waals surface area contributed by atoms with Crippen LogP contribution in [0.3, 0.4) is 0 Å². The number of unbranched alkanes of at least 4 members (excludes halogenated alkanes) is 2. The SMILES string of the molecule is CCCCCn1c2c(cc(C(C)(C)N)c1=O)CN(C)CC2. The van der Waals surface area contributed by atoms with E-state index in [0.29, 0.717) is 0 Å². The van der Waals surface area contributed by atoms with Gasteiger partial charge in [-0.3, -0.25) is 4.79 Å². The van der Waals surface area contributed by atoms with E-state index in [1.165, 1.54) is 17.7 Å². The highest BCUT2D eigenvalue weighted by molar-refractivity contribution is 5.32. The molecule has 4 heteroatoms. The van der Waals surface area contributed by atoms with E-state index >= 15 is 0 Å². The standard InChI is InChI=1S/C17H29N3O/c1-5-6-7-9-20-15-8-10-19(4)12-13(15)11-14(16(20)21)17(2,3)18/h11H,5-10,12,18H2,1-4H3. The molecule has 0 saturated heterocycles. The van der Waals surface area contributed by atoms with Crippen LogP contribution < -0.4 is 11.3 Å². The molecule has 0 radical (unpaired) electrons. The lowest BCUT2D eigenvalue weighted by molar-refractivity contribution is 0.302. The predicted octanol–water partition coefficient (Wildman–Crippen LogP) is 2.22. The zero-order valence-electron chi connectivity index (χ0n) is 13.9. The Bertz CT molecular complexity index is 554. The lowest BCUT2D eigenvalue weighted by Crippen LogP contribution is -2.41. The summed E-state index contributed by atoms with van der Waals surface area (Å²) in [5, 5.41) is 0. The lowest BCUT2D eigenvalue weighted by Gasteiger charge is -2.30. The van der Waals surface area contributed by atoms with Crippen LogP contribution in [0.1, 0.15) is 56.9 Å². The van der Waals surface area contributed by atoms with Gasteiger partial charge in [0, 0.05) is 42.9 Å². The average molecular weight is 291 g/mol. The summed E-state index contributed by atoms with van der Waals surface area (Å²) >= 11 is 0. The Balaban J connectivity index is 2.49. The van der Waals surface area contributed by atoms with Crippen molar-refractivity contribution in [1.29, 1.82) is 0 Å². The molecule has 1 aromatic heterocycles. The molecule has 2 heterocycles. The maximum Gasteiger partial charge on any atom is 0.255 e. The normalized spacial score (nSPS) is 16.0. The molecule has 4 nitrogen and oxygen atoms in total. The molecule has 0 fully saturated rings. The highest BCUT2D eigenvalue weighted by atomic mass is 16.1. The summed E-state index contributed by atoms with van der Waals surface area (Å²) in [7, 11) is 2.13. The van der Waals surface area contributed by atoms with Crippen LogP contribution in [0.5, 0.6) is 0 Å². The van der Waals surface area contributed by atoms with E-state index in [4.69, 9.17) is 5.73 Å². The van der Waals surface area contributed by atoms with Crippen LogP contribution in [0.2, 0.25) is 0 Å². The molecule has 0 atom stereocenters. The van der Waals surface area contributed by atoms with E-state index in [9.17, 15) is 4.79 Å². The van der Waals surface area contributed by atoms with Gasteiger partial charge in [0.25, 0.3) is 5.56 Å². The third kappa shape index (κ3) is 3.55. The second-order valence-electron chi connectivity index (χ2n) is 6.90. The summed E-state index contributed by atoms with van der Waals surface area (Å²) in [6, 6.07) is 2.05. The van der Waals surface area contributed by atoms with Gasteiger partial charge in [0.05, 0.1) is 0 Å². The number of likely N-dealkylation sites (N-methyl/N-ethyl adjacent to an activating group) is 1. The van der Waals surface area contributed by atoms with E-state index in [1.807, 2.05) is 24.5 Å². The minimum atomic E-state index is -0.589. The van der Waals surface area contributed by atoms with Crippen LogP contribution in [-0.4, -0.2) is 23.1 Å². The fourth-order valence-corrected chi connectivity index (χ4v) is 3.08. The summed E-state index contributed by atoms with van der Waals surface area (Å²) in [6.07, 6.45) is 4.35. The van der Waals surface area contributed by atoms with Crippen molar-refractivity contribution >= 4 is 0 Å².